The first-order valence-corrected chi connectivity index (χ1v) is 7.13. The summed E-state index contributed by atoms with van der Waals surface area (Å²) in [6, 6.07) is 13.5. The van der Waals surface area contributed by atoms with Gasteiger partial charge in [0, 0.05) is 0 Å². The van der Waals surface area contributed by atoms with E-state index in [-0.39, 0.29) is 16.8 Å². The van der Waals surface area contributed by atoms with Gasteiger partial charge in [0.25, 0.3) is 5.91 Å². The van der Waals surface area contributed by atoms with Crippen LogP contribution in [0.15, 0.2) is 42.5 Å². The number of hydrazine groups is 1. The summed E-state index contributed by atoms with van der Waals surface area (Å²) < 4.78 is 5.43. The van der Waals surface area contributed by atoms with Crippen molar-refractivity contribution in [3.8, 4) is 5.75 Å². The predicted octanol–water partition coefficient (Wildman–Crippen LogP) is 0.958. The van der Waals surface area contributed by atoms with Gasteiger partial charge in [0.1, 0.15) is 5.75 Å². The summed E-state index contributed by atoms with van der Waals surface area (Å²) in [4.78, 5) is 11.7. The zero-order chi connectivity index (χ0) is 15.9. The minimum absolute atomic E-state index is 0.0176. The van der Waals surface area contributed by atoms with Gasteiger partial charge in [-0.25, -0.2) is 0 Å². The molecule has 6 nitrogen and oxygen atoms in total. The van der Waals surface area contributed by atoms with Gasteiger partial charge < -0.3 is 10.5 Å². The molecule has 0 heterocycles. The van der Waals surface area contributed by atoms with Gasteiger partial charge in [-0.1, -0.05) is 30.3 Å². The molecule has 0 aliphatic rings. The largest absolute Gasteiger partial charge is 0.484 e. The molecule has 2 rings (SSSR count). The predicted molar refractivity (Wildman–Crippen MR) is 93.2 cm³/mol. The second-order valence-corrected chi connectivity index (χ2v) is 5.14. The molecule has 0 saturated carbocycles. The Kier molecular flexibility index (Phi) is 5.45. The van der Waals surface area contributed by atoms with Gasteiger partial charge in [-0.05, 0) is 47.3 Å². The zero-order valence-electron chi connectivity index (χ0n) is 11.5. The van der Waals surface area contributed by atoms with Crippen LogP contribution in [0.1, 0.15) is 0 Å². The third-order valence-corrected chi connectivity index (χ3v) is 2.95. The first-order valence-electron chi connectivity index (χ1n) is 6.31. The monoisotopic (exact) mass is 334 g/mol. The third-order valence-electron chi connectivity index (χ3n) is 2.64. The number of hydrogen-bond donors (Lipinski definition) is 4. The lowest BCUT2D eigenvalue weighted by molar-refractivity contribution is -0.121. The molecule has 0 fully saturated rings. The van der Waals surface area contributed by atoms with Gasteiger partial charge >= 0.3 is 0 Å². The zero-order valence-corrected chi connectivity index (χ0v) is 13.1. The van der Waals surface area contributed by atoms with Crippen LogP contribution in [-0.2, 0) is 4.79 Å². The van der Waals surface area contributed by atoms with Crippen LogP contribution in [-0.4, -0.2) is 22.7 Å². The number of hydrogen-bond acceptors (Lipinski definition) is 4. The summed E-state index contributed by atoms with van der Waals surface area (Å²) in [5.74, 6) is 0.212. The van der Waals surface area contributed by atoms with Crippen LogP contribution in [0, 0.1) is 0 Å². The standard InChI is InChI=1S/C14H14N4O2S2/c15-13(21)17-18-14(22)16-12(19)8-20-11-6-5-9-3-1-2-4-10(9)7-11/h1-7H,8H2,(H3,15,17,21)(H2,16,18,19,22). The smallest absolute Gasteiger partial charge is 0.264 e. The fourth-order valence-electron chi connectivity index (χ4n) is 1.72. The molecule has 0 aliphatic heterocycles. The van der Waals surface area contributed by atoms with Gasteiger partial charge in [-0.3, -0.25) is 21.0 Å². The maximum absolute atomic E-state index is 11.7. The Bertz CT molecular complexity index is 721. The molecule has 2 aromatic carbocycles. The highest BCUT2D eigenvalue weighted by atomic mass is 32.1. The van der Waals surface area contributed by atoms with Crippen molar-refractivity contribution in [1.29, 1.82) is 0 Å². The van der Waals surface area contributed by atoms with Crippen LogP contribution in [0.2, 0.25) is 0 Å². The number of nitrogens with one attached hydrogen (secondary N) is 3. The number of benzene rings is 2. The number of amides is 1. The van der Waals surface area contributed by atoms with E-state index in [0.29, 0.717) is 5.75 Å². The fourth-order valence-corrected chi connectivity index (χ4v) is 1.93. The Morgan fingerprint density at radius 3 is 2.55 bits per heavy atom. The Hall–Kier alpha value is -2.45. The van der Waals surface area contributed by atoms with E-state index in [1.54, 1.807) is 6.07 Å². The SMILES string of the molecule is NC(=S)NNC(=S)NC(=O)COc1ccc2ccccc2c1. The summed E-state index contributed by atoms with van der Waals surface area (Å²) in [7, 11) is 0. The molecule has 0 aromatic heterocycles. The highest BCUT2D eigenvalue weighted by Gasteiger charge is 2.06. The van der Waals surface area contributed by atoms with E-state index < -0.39 is 5.91 Å². The molecular formula is C14H14N4O2S2. The summed E-state index contributed by atoms with van der Waals surface area (Å²) in [5.41, 5.74) is 10.1. The number of thiocarbonyl (C=S) groups is 2. The maximum atomic E-state index is 11.7. The molecule has 114 valence electrons. The average Bonchev–Trinajstić information content (AvgIpc) is 2.50. The van der Waals surface area contributed by atoms with Crippen LogP contribution < -0.4 is 26.6 Å². The first-order chi connectivity index (χ1) is 10.5. The molecule has 22 heavy (non-hydrogen) atoms. The molecule has 0 aliphatic carbocycles. The van der Waals surface area contributed by atoms with Crippen molar-refractivity contribution in [3.05, 3.63) is 42.5 Å². The summed E-state index contributed by atoms with van der Waals surface area (Å²) >= 11 is 9.45. The van der Waals surface area contributed by atoms with Gasteiger partial charge in [0.2, 0.25) is 0 Å². The third kappa shape index (κ3) is 4.83. The molecule has 5 N–H and O–H groups in total. The number of nitrogens with two attached hydrogens (primary N) is 1. The fraction of sp³-hybridized carbons (Fsp3) is 0.0714. The first kappa shape index (κ1) is 15.9. The van der Waals surface area contributed by atoms with Gasteiger partial charge in [0.05, 0.1) is 0 Å². The van der Waals surface area contributed by atoms with E-state index in [1.165, 1.54) is 0 Å². The van der Waals surface area contributed by atoms with Crippen LogP contribution in [0.3, 0.4) is 0 Å². The normalized spacial score (nSPS) is 9.82. The Balaban J connectivity index is 1.84. The topological polar surface area (TPSA) is 88.4 Å². The van der Waals surface area contributed by atoms with Gasteiger partial charge in [-0.15, -0.1) is 0 Å². The van der Waals surface area contributed by atoms with Crippen molar-refractivity contribution in [2.45, 2.75) is 0 Å². The Morgan fingerprint density at radius 1 is 1.09 bits per heavy atom. The van der Waals surface area contributed by atoms with E-state index in [9.17, 15) is 4.79 Å². The number of fused-ring (bicyclic) bond motifs is 1. The van der Waals surface area contributed by atoms with Crippen LogP contribution in [0.4, 0.5) is 0 Å². The molecule has 2 aromatic rings. The van der Waals surface area contributed by atoms with Crippen LogP contribution in [0.5, 0.6) is 5.75 Å². The highest BCUT2D eigenvalue weighted by molar-refractivity contribution is 7.80. The van der Waals surface area contributed by atoms with E-state index in [4.69, 9.17) is 22.7 Å². The van der Waals surface area contributed by atoms with Crippen molar-refractivity contribution in [3.63, 3.8) is 0 Å². The number of rotatable bonds is 3. The molecule has 8 heteroatoms. The van der Waals surface area contributed by atoms with Gasteiger partial charge in [0.15, 0.2) is 16.8 Å². The van der Waals surface area contributed by atoms with E-state index in [1.807, 2.05) is 36.4 Å². The summed E-state index contributed by atoms with van der Waals surface area (Å²) in [5, 5.41) is 4.64. The Labute approximate surface area is 138 Å². The molecule has 0 radical (unpaired) electrons. The Morgan fingerprint density at radius 2 is 1.82 bits per heavy atom. The van der Waals surface area contributed by atoms with E-state index in [2.05, 4.69) is 28.4 Å². The summed E-state index contributed by atoms with van der Waals surface area (Å²) in [6.07, 6.45) is 0. The van der Waals surface area contributed by atoms with Crippen molar-refractivity contribution in [1.82, 2.24) is 16.2 Å². The lowest BCUT2D eigenvalue weighted by atomic mass is 10.1. The lowest BCUT2D eigenvalue weighted by Crippen LogP contribution is -2.50. The number of ether oxygens (including phenoxy) is 1. The minimum atomic E-state index is -0.393. The van der Waals surface area contributed by atoms with E-state index in [0.717, 1.165) is 10.8 Å². The van der Waals surface area contributed by atoms with Crippen molar-refractivity contribution in [2.75, 3.05) is 6.61 Å². The second kappa shape index (κ2) is 7.53. The van der Waals surface area contributed by atoms with Crippen molar-refractivity contribution >= 4 is 51.3 Å². The average molecular weight is 334 g/mol. The molecule has 0 unspecified atom stereocenters. The maximum Gasteiger partial charge on any atom is 0.264 e. The number of carbonyl (C=O) groups excluding carboxylic acids is 1. The van der Waals surface area contributed by atoms with Crippen LogP contribution in [0.25, 0.3) is 10.8 Å². The number of carbonyl (C=O) groups is 1. The van der Waals surface area contributed by atoms with Crippen molar-refractivity contribution < 1.29 is 9.53 Å². The molecule has 0 spiro atoms. The van der Waals surface area contributed by atoms with Gasteiger partial charge in [-0.2, -0.15) is 0 Å². The molecule has 1 amide bonds. The summed E-state index contributed by atoms with van der Waals surface area (Å²) in [6.45, 7) is -0.159. The van der Waals surface area contributed by atoms with Crippen LogP contribution >= 0.6 is 24.4 Å². The lowest BCUT2D eigenvalue weighted by Gasteiger charge is -2.11. The molecular weight excluding hydrogens is 320 g/mol. The minimum Gasteiger partial charge on any atom is -0.484 e. The molecule has 0 atom stereocenters. The molecule has 0 saturated heterocycles. The highest BCUT2D eigenvalue weighted by Crippen LogP contribution is 2.20. The molecule has 0 bridgehead atoms. The van der Waals surface area contributed by atoms with E-state index >= 15 is 0 Å². The van der Waals surface area contributed by atoms with Crippen molar-refractivity contribution in [2.24, 2.45) is 5.73 Å². The second-order valence-electron chi connectivity index (χ2n) is 4.29. The quantitative estimate of drug-likeness (QED) is 0.491.